The Labute approximate surface area is 176 Å². The summed E-state index contributed by atoms with van der Waals surface area (Å²) in [6, 6.07) is 18.2. The number of H-pyrrole nitrogens is 1. The number of nitrogens with one attached hydrogen (secondary N) is 1. The molecule has 4 aromatic rings. The minimum absolute atomic E-state index is 0.199. The number of carbonyl (C=O) groups is 1. The van der Waals surface area contributed by atoms with E-state index in [2.05, 4.69) is 41.2 Å². The van der Waals surface area contributed by atoms with E-state index in [0.29, 0.717) is 18.6 Å². The summed E-state index contributed by atoms with van der Waals surface area (Å²) >= 11 is 0. The van der Waals surface area contributed by atoms with Crippen LogP contribution in [-0.2, 0) is 11.2 Å². The number of fused-ring (bicyclic) bond motifs is 1. The molecule has 0 unspecified atom stereocenters. The second-order valence-corrected chi connectivity index (χ2v) is 7.89. The van der Waals surface area contributed by atoms with Gasteiger partial charge in [0.05, 0.1) is 11.4 Å². The number of pyridine rings is 1. The van der Waals surface area contributed by atoms with Crippen LogP contribution in [0.2, 0.25) is 0 Å². The highest BCUT2D eigenvalue weighted by Crippen LogP contribution is 2.31. The molecule has 0 amide bonds. The largest absolute Gasteiger partial charge is 0.427 e. The van der Waals surface area contributed by atoms with Crippen LogP contribution in [0.3, 0.4) is 0 Å². The molecule has 0 radical (unpaired) electrons. The summed E-state index contributed by atoms with van der Waals surface area (Å²) in [5.74, 6) is 0.421. The number of aryl methyl sites for hydroxylation is 4. The zero-order chi connectivity index (χ0) is 21.1. The number of ether oxygens (including phenoxy) is 1. The van der Waals surface area contributed by atoms with Crippen molar-refractivity contribution in [3.8, 4) is 17.1 Å². The Morgan fingerprint density at radius 3 is 2.50 bits per heavy atom. The first-order valence-corrected chi connectivity index (χ1v) is 10.3. The minimum Gasteiger partial charge on any atom is -0.427 e. The number of aromatic nitrogens is 2. The van der Waals surface area contributed by atoms with Gasteiger partial charge in [0.15, 0.2) is 0 Å². The zero-order valence-electron chi connectivity index (χ0n) is 17.7. The first-order chi connectivity index (χ1) is 14.5. The number of esters is 1. The quantitative estimate of drug-likeness (QED) is 0.316. The molecule has 4 nitrogen and oxygen atoms in total. The van der Waals surface area contributed by atoms with Crippen LogP contribution in [0.15, 0.2) is 60.8 Å². The van der Waals surface area contributed by atoms with Crippen LogP contribution in [0, 0.1) is 20.8 Å². The molecule has 0 atom stereocenters. The SMILES string of the molecule is Cc1cc(C)cc(OC(=O)CCCc2c(-c3ccccn3)[nH]c3ccc(C)cc23)c1. The Hall–Kier alpha value is -3.40. The number of carbonyl (C=O) groups excluding carboxylic acids is 1. The lowest BCUT2D eigenvalue weighted by molar-refractivity contribution is -0.134. The summed E-state index contributed by atoms with van der Waals surface area (Å²) in [5.41, 5.74) is 7.63. The van der Waals surface area contributed by atoms with Gasteiger partial charge < -0.3 is 9.72 Å². The summed E-state index contributed by atoms with van der Waals surface area (Å²) in [4.78, 5) is 20.4. The second kappa shape index (κ2) is 8.54. The Bertz CT molecular complexity index is 1170. The van der Waals surface area contributed by atoms with Crippen LogP contribution in [0.25, 0.3) is 22.3 Å². The average Bonchev–Trinajstić information content (AvgIpc) is 3.06. The van der Waals surface area contributed by atoms with Crippen LogP contribution >= 0.6 is 0 Å². The second-order valence-electron chi connectivity index (χ2n) is 7.89. The summed E-state index contributed by atoms with van der Waals surface area (Å²) < 4.78 is 5.56. The molecule has 1 N–H and O–H groups in total. The Morgan fingerprint density at radius 2 is 1.77 bits per heavy atom. The van der Waals surface area contributed by atoms with Gasteiger partial charge in [-0.05, 0) is 86.7 Å². The van der Waals surface area contributed by atoms with Crippen molar-refractivity contribution in [1.82, 2.24) is 9.97 Å². The lowest BCUT2D eigenvalue weighted by Gasteiger charge is -2.08. The van der Waals surface area contributed by atoms with Crippen molar-refractivity contribution in [2.24, 2.45) is 0 Å². The van der Waals surface area contributed by atoms with Gasteiger partial charge in [0.2, 0.25) is 0 Å². The molecule has 30 heavy (non-hydrogen) atoms. The van der Waals surface area contributed by atoms with Crippen molar-refractivity contribution < 1.29 is 9.53 Å². The predicted octanol–water partition coefficient (Wildman–Crippen LogP) is 6.08. The fourth-order valence-electron chi connectivity index (χ4n) is 3.93. The van der Waals surface area contributed by atoms with Gasteiger partial charge in [-0.3, -0.25) is 9.78 Å². The topological polar surface area (TPSA) is 55.0 Å². The lowest BCUT2D eigenvalue weighted by atomic mass is 10.0. The molecule has 152 valence electrons. The summed E-state index contributed by atoms with van der Waals surface area (Å²) in [6.45, 7) is 6.10. The molecule has 4 rings (SSSR count). The van der Waals surface area contributed by atoms with Crippen molar-refractivity contribution in [2.45, 2.75) is 40.0 Å². The number of rotatable bonds is 6. The van der Waals surface area contributed by atoms with Gasteiger partial charge in [0.1, 0.15) is 5.75 Å². The molecule has 2 aromatic heterocycles. The van der Waals surface area contributed by atoms with Crippen molar-refractivity contribution in [3.63, 3.8) is 0 Å². The number of aromatic amines is 1. The van der Waals surface area contributed by atoms with E-state index >= 15 is 0 Å². The van der Waals surface area contributed by atoms with Gasteiger partial charge in [0.25, 0.3) is 0 Å². The van der Waals surface area contributed by atoms with E-state index in [-0.39, 0.29) is 5.97 Å². The standard InChI is InChI=1S/C26H26N2O2/c1-17-10-11-23-22(16-17)21(26(28-23)24-8-4-5-12-27-24)7-6-9-25(29)30-20-14-18(2)13-19(3)15-20/h4-5,8,10-16,28H,6-7,9H2,1-3H3. The highest BCUT2D eigenvalue weighted by atomic mass is 16.5. The molecular formula is C26H26N2O2. The summed E-state index contributed by atoms with van der Waals surface area (Å²) in [5, 5.41) is 1.19. The number of nitrogens with zero attached hydrogens (tertiary/aromatic N) is 1. The van der Waals surface area contributed by atoms with Gasteiger partial charge in [-0.1, -0.05) is 23.8 Å². The van der Waals surface area contributed by atoms with Crippen LogP contribution < -0.4 is 4.74 Å². The highest BCUT2D eigenvalue weighted by molar-refractivity contribution is 5.90. The fourth-order valence-corrected chi connectivity index (χ4v) is 3.93. The Kier molecular flexibility index (Phi) is 5.66. The summed E-state index contributed by atoms with van der Waals surface area (Å²) in [6.07, 6.45) is 3.66. The van der Waals surface area contributed by atoms with Gasteiger partial charge in [0, 0.05) is 23.5 Å². The molecule has 0 aliphatic heterocycles. The predicted molar refractivity (Wildman–Crippen MR) is 121 cm³/mol. The molecular weight excluding hydrogens is 372 g/mol. The first kappa shape index (κ1) is 19.9. The van der Waals surface area contributed by atoms with Gasteiger partial charge in [-0.2, -0.15) is 0 Å². The molecule has 0 saturated carbocycles. The maximum atomic E-state index is 12.4. The van der Waals surface area contributed by atoms with E-state index in [0.717, 1.165) is 34.5 Å². The molecule has 4 heteroatoms. The third kappa shape index (κ3) is 4.43. The van der Waals surface area contributed by atoms with E-state index < -0.39 is 0 Å². The smallest absolute Gasteiger partial charge is 0.311 e. The molecule has 0 fully saturated rings. The van der Waals surface area contributed by atoms with Crippen LogP contribution in [-0.4, -0.2) is 15.9 Å². The van der Waals surface area contributed by atoms with Crippen molar-refractivity contribution in [2.75, 3.05) is 0 Å². The number of hydrogen-bond donors (Lipinski definition) is 1. The zero-order valence-corrected chi connectivity index (χ0v) is 17.7. The maximum Gasteiger partial charge on any atom is 0.311 e. The van der Waals surface area contributed by atoms with E-state index in [9.17, 15) is 4.79 Å². The minimum atomic E-state index is -0.199. The first-order valence-electron chi connectivity index (χ1n) is 10.3. The molecule has 0 saturated heterocycles. The van der Waals surface area contributed by atoms with Crippen molar-refractivity contribution in [3.05, 3.63) is 83.0 Å². The van der Waals surface area contributed by atoms with Gasteiger partial charge in [-0.15, -0.1) is 0 Å². The Balaban J connectivity index is 1.52. The monoisotopic (exact) mass is 398 g/mol. The lowest BCUT2D eigenvalue weighted by Crippen LogP contribution is -2.08. The third-order valence-electron chi connectivity index (χ3n) is 5.22. The van der Waals surface area contributed by atoms with E-state index in [1.54, 1.807) is 6.20 Å². The van der Waals surface area contributed by atoms with Crippen LogP contribution in [0.1, 0.15) is 35.1 Å². The van der Waals surface area contributed by atoms with E-state index in [4.69, 9.17) is 4.74 Å². The van der Waals surface area contributed by atoms with E-state index in [1.165, 1.54) is 16.5 Å². The fraction of sp³-hybridized carbons (Fsp3) is 0.231. The molecule has 2 heterocycles. The third-order valence-corrected chi connectivity index (χ3v) is 5.22. The normalized spacial score (nSPS) is 11.0. The molecule has 0 aliphatic carbocycles. The summed E-state index contributed by atoms with van der Waals surface area (Å²) in [7, 11) is 0. The van der Waals surface area contributed by atoms with Crippen LogP contribution in [0.5, 0.6) is 5.75 Å². The average molecular weight is 399 g/mol. The highest BCUT2D eigenvalue weighted by Gasteiger charge is 2.15. The number of benzene rings is 2. The van der Waals surface area contributed by atoms with E-state index in [1.807, 2.05) is 44.2 Å². The molecule has 0 bridgehead atoms. The maximum absolute atomic E-state index is 12.4. The van der Waals surface area contributed by atoms with Gasteiger partial charge >= 0.3 is 5.97 Å². The number of hydrogen-bond acceptors (Lipinski definition) is 3. The molecule has 2 aromatic carbocycles. The van der Waals surface area contributed by atoms with Crippen LogP contribution in [0.4, 0.5) is 0 Å². The molecule has 0 aliphatic rings. The van der Waals surface area contributed by atoms with Crippen molar-refractivity contribution >= 4 is 16.9 Å². The Morgan fingerprint density at radius 1 is 0.967 bits per heavy atom. The van der Waals surface area contributed by atoms with Gasteiger partial charge in [-0.25, -0.2) is 0 Å². The molecule has 0 spiro atoms. The van der Waals surface area contributed by atoms with Crippen molar-refractivity contribution in [1.29, 1.82) is 0 Å².